The van der Waals surface area contributed by atoms with Gasteiger partial charge in [0.15, 0.2) is 17.5 Å². The minimum atomic E-state index is 0.600. The summed E-state index contributed by atoms with van der Waals surface area (Å²) in [6.07, 6.45) is 0. The maximum Gasteiger partial charge on any atom is 0.164 e. The number of fused-ring (bicyclic) bond motifs is 5. The molecule has 0 radical (unpaired) electrons. The third kappa shape index (κ3) is 7.32. The summed E-state index contributed by atoms with van der Waals surface area (Å²) in [6, 6.07) is 91.0. The van der Waals surface area contributed by atoms with E-state index < -0.39 is 0 Å². The molecule has 0 amide bonds. The number of aromatic nitrogens is 4. The lowest BCUT2D eigenvalue weighted by Crippen LogP contribution is -2.02. The van der Waals surface area contributed by atoms with Gasteiger partial charge in [0.25, 0.3) is 0 Å². The highest BCUT2D eigenvalue weighted by molar-refractivity contribution is 6.19. The summed E-state index contributed by atoms with van der Waals surface area (Å²) in [4.78, 5) is 15.8. The molecule has 69 heavy (non-hydrogen) atoms. The van der Waals surface area contributed by atoms with Gasteiger partial charge in [0.1, 0.15) is 0 Å². The minimum Gasteiger partial charge on any atom is -0.308 e. The quantitative estimate of drug-likeness (QED) is 0.153. The first-order valence-electron chi connectivity index (χ1n) is 23.4. The van der Waals surface area contributed by atoms with Crippen molar-refractivity contribution in [2.24, 2.45) is 0 Å². The van der Waals surface area contributed by atoms with E-state index in [2.05, 4.69) is 259 Å². The van der Waals surface area contributed by atoms with Crippen LogP contribution in [-0.2, 0) is 0 Å². The Labute approximate surface area is 400 Å². The van der Waals surface area contributed by atoms with Crippen LogP contribution in [0.3, 0.4) is 0 Å². The molecule has 2 aromatic heterocycles. The van der Waals surface area contributed by atoms with Crippen molar-refractivity contribution in [3.8, 4) is 84.4 Å². The second-order valence-corrected chi connectivity index (χ2v) is 17.6. The summed E-state index contributed by atoms with van der Waals surface area (Å²) in [5.74, 6) is 1.84. The van der Waals surface area contributed by atoms with Crippen molar-refractivity contribution in [2.45, 2.75) is 0 Å². The molecule has 0 aliphatic rings. The van der Waals surface area contributed by atoms with Gasteiger partial charge in [-0.15, -0.1) is 0 Å². The summed E-state index contributed by atoms with van der Waals surface area (Å²) < 4.78 is 2.48. The molecule has 0 aliphatic heterocycles. The Bertz CT molecular complexity index is 3810. The Morgan fingerprint density at radius 2 is 0.594 bits per heavy atom. The Balaban J connectivity index is 1.10. The summed E-state index contributed by atoms with van der Waals surface area (Å²) in [5, 5.41) is 6.94. The molecule has 0 aliphatic carbocycles. The molecule has 0 atom stereocenters. The standard InChI is InChI=1S/C65H42N4/c1-5-18-43(19-6-1)54-39-57(47-24-9-3-10-25-47)61-59(41-54)60-42-55(44-20-7-2-8-21-44)40-58(48-26-11-4-12-27-48)62(60)69(61)56-31-17-30-51(38-56)63-66-64(52-34-32-45-22-13-15-28-49(45)36-52)68-65(67-63)53-35-33-46-23-14-16-29-50(46)37-53/h1-42H. The van der Waals surface area contributed by atoms with Gasteiger partial charge in [0, 0.05) is 44.3 Å². The predicted octanol–water partition coefficient (Wildman–Crippen LogP) is 16.9. The molecule has 0 unspecified atom stereocenters. The highest BCUT2D eigenvalue weighted by Crippen LogP contribution is 2.46. The average Bonchev–Trinajstić information content (AvgIpc) is 3.77. The SMILES string of the molecule is c1ccc(-c2cc(-c3ccccc3)c3c(c2)c2cc(-c4ccccc4)cc(-c4ccccc4)c2n3-c2cccc(-c3nc(-c4ccc5ccccc5c4)nc(-c4ccc5ccccc5c4)n3)c2)cc1. The monoisotopic (exact) mass is 878 g/mol. The van der Waals surface area contributed by atoms with Gasteiger partial charge in [0.05, 0.1) is 11.0 Å². The molecule has 13 aromatic rings. The van der Waals surface area contributed by atoms with Crippen LogP contribution >= 0.6 is 0 Å². The summed E-state index contributed by atoms with van der Waals surface area (Å²) in [6.45, 7) is 0. The van der Waals surface area contributed by atoms with Crippen molar-refractivity contribution in [2.75, 3.05) is 0 Å². The first kappa shape index (κ1) is 40.1. The van der Waals surface area contributed by atoms with Crippen LogP contribution in [0.5, 0.6) is 0 Å². The molecule has 4 nitrogen and oxygen atoms in total. The predicted molar refractivity (Wildman–Crippen MR) is 287 cm³/mol. The number of hydrogen-bond acceptors (Lipinski definition) is 3. The third-order valence-corrected chi connectivity index (χ3v) is 13.4. The van der Waals surface area contributed by atoms with Crippen LogP contribution in [0.15, 0.2) is 255 Å². The van der Waals surface area contributed by atoms with Gasteiger partial charge in [-0.2, -0.15) is 0 Å². The lowest BCUT2D eigenvalue weighted by Gasteiger charge is -2.16. The molecular weight excluding hydrogens is 837 g/mol. The van der Waals surface area contributed by atoms with Gasteiger partial charge in [-0.25, -0.2) is 15.0 Å². The molecular formula is C65H42N4. The van der Waals surface area contributed by atoms with Crippen LogP contribution in [0.1, 0.15) is 0 Å². The summed E-state index contributed by atoms with van der Waals surface area (Å²) >= 11 is 0. The van der Waals surface area contributed by atoms with E-state index in [9.17, 15) is 0 Å². The van der Waals surface area contributed by atoms with Crippen molar-refractivity contribution in [3.05, 3.63) is 255 Å². The van der Waals surface area contributed by atoms with E-state index in [-0.39, 0.29) is 0 Å². The van der Waals surface area contributed by atoms with E-state index in [4.69, 9.17) is 15.0 Å². The Morgan fingerprint density at radius 3 is 1.03 bits per heavy atom. The fourth-order valence-electron chi connectivity index (χ4n) is 10.0. The molecule has 13 rings (SSSR count). The lowest BCUT2D eigenvalue weighted by atomic mass is 9.93. The fraction of sp³-hybridized carbons (Fsp3) is 0. The molecule has 2 heterocycles. The van der Waals surface area contributed by atoms with Gasteiger partial charge in [-0.1, -0.05) is 206 Å². The van der Waals surface area contributed by atoms with Crippen LogP contribution in [0.4, 0.5) is 0 Å². The van der Waals surface area contributed by atoms with E-state index in [1.165, 1.54) is 32.7 Å². The van der Waals surface area contributed by atoms with Crippen LogP contribution in [0.2, 0.25) is 0 Å². The average molecular weight is 879 g/mol. The van der Waals surface area contributed by atoms with Crippen LogP contribution in [-0.4, -0.2) is 19.5 Å². The van der Waals surface area contributed by atoms with Crippen LogP contribution in [0, 0.1) is 0 Å². The Hall–Kier alpha value is -9.25. The Morgan fingerprint density at radius 1 is 0.232 bits per heavy atom. The molecule has 0 saturated carbocycles. The van der Waals surface area contributed by atoms with Gasteiger partial charge < -0.3 is 4.57 Å². The molecule has 0 spiro atoms. The second-order valence-electron chi connectivity index (χ2n) is 17.6. The zero-order chi connectivity index (χ0) is 45.7. The molecule has 0 N–H and O–H groups in total. The van der Waals surface area contributed by atoms with Crippen molar-refractivity contribution in [3.63, 3.8) is 0 Å². The largest absolute Gasteiger partial charge is 0.308 e. The summed E-state index contributed by atoms with van der Waals surface area (Å²) in [7, 11) is 0. The number of benzene rings is 11. The van der Waals surface area contributed by atoms with E-state index >= 15 is 0 Å². The van der Waals surface area contributed by atoms with Gasteiger partial charge in [-0.05, 0) is 103 Å². The van der Waals surface area contributed by atoms with Crippen molar-refractivity contribution in [1.82, 2.24) is 19.5 Å². The topological polar surface area (TPSA) is 43.6 Å². The maximum atomic E-state index is 5.30. The first-order chi connectivity index (χ1) is 34.2. The first-order valence-corrected chi connectivity index (χ1v) is 23.4. The fourth-order valence-corrected chi connectivity index (χ4v) is 10.0. The zero-order valence-corrected chi connectivity index (χ0v) is 37.5. The number of nitrogens with zero attached hydrogens (tertiary/aromatic N) is 4. The van der Waals surface area contributed by atoms with Crippen molar-refractivity contribution < 1.29 is 0 Å². The third-order valence-electron chi connectivity index (χ3n) is 13.4. The van der Waals surface area contributed by atoms with Gasteiger partial charge in [-0.3, -0.25) is 0 Å². The van der Waals surface area contributed by atoms with E-state index in [0.717, 1.165) is 77.6 Å². The van der Waals surface area contributed by atoms with E-state index in [0.29, 0.717) is 17.5 Å². The van der Waals surface area contributed by atoms with Crippen LogP contribution < -0.4 is 0 Å². The molecule has 11 aromatic carbocycles. The molecule has 0 saturated heterocycles. The van der Waals surface area contributed by atoms with E-state index in [1.807, 2.05) is 0 Å². The zero-order valence-electron chi connectivity index (χ0n) is 37.5. The maximum absolute atomic E-state index is 5.30. The summed E-state index contributed by atoms with van der Waals surface area (Å²) in [5.41, 5.74) is 15.2. The normalized spacial score (nSPS) is 11.5. The highest BCUT2D eigenvalue weighted by atomic mass is 15.0. The van der Waals surface area contributed by atoms with Gasteiger partial charge in [0.2, 0.25) is 0 Å². The smallest absolute Gasteiger partial charge is 0.164 e. The minimum absolute atomic E-state index is 0.600. The second kappa shape index (κ2) is 16.9. The molecule has 0 fully saturated rings. The lowest BCUT2D eigenvalue weighted by molar-refractivity contribution is 1.07. The number of hydrogen-bond donors (Lipinski definition) is 0. The molecule has 0 bridgehead atoms. The van der Waals surface area contributed by atoms with Crippen molar-refractivity contribution in [1.29, 1.82) is 0 Å². The highest BCUT2D eigenvalue weighted by Gasteiger charge is 2.23. The van der Waals surface area contributed by atoms with E-state index in [1.54, 1.807) is 0 Å². The van der Waals surface area contributed by atoms with Crippen LogP contribution in [0.25, 0.3) is 128 Å². The number of rotatable bonds is 8. The Kier molecular flexibility index (Phi) is 9.80. The molecule has 322 valence electrons. The van der Waals surface area contributed by atoms with Gasteiger partial charge >= 0.3 is 0 Å². The molecule has 4 heteroatoms. The van der Waals surface area contributed by atoms with Crippen molar-refractivity contribution >= 4 is 43.4 Å².